The van der Waals surface area contributed by atoms with E-state index in [1.165, 1.54) is 6.92 Å². The third-order valence-electron chi connectivity index (χ3n) is 2.13. The van der Waals surface area contributed by atoms with Gasteiger partial charge in [0, 0.05) is 13.1 Å². The second-order valence-corrected chi connectivity index (χ2v) is 3.81. The Labute approximate surface area is 96.1 Å². The minimum absolute atomic E-state index is 0.0363. The van der Waals surface area contributed by atoms with Gasteiger partial charge in [0.15, 0.2) is 0 Å². The SMILES string of the molecule is C=C(C)CN(CC)C(=O)CN[C@H](C)C(=O)O. The van der Waals surface area contributed by atoms with Crippen LogP contribution in [0.2, 0.25) is 0 Å². The first kappa shape index (κ1) is 14.6. The molecule has 2 N–H and O–H groups in total. The summed E-state index contributed by atoms with van der Waals surface area (Å²) in [5, 5.41) is 11.3. The van der Waals surface area contributed by atoms with Crippen LogP contribution >= 0.6 is 0 Å². The maximum absolute atomic E-state index is 11.7. The Morgan fingerprint density at radius 2 is 2.06 bits per heavy atom. The lowest BCUT2D eigenvalue weighted by Crippen LogP contribution is -2.43. The fraction of sp³-hybridized carbons (Fsp3) is 0.636. The Morgan fingerprint density at radius 1 is 1.50 bits per heavy atom. The van der Waals surface area contributed by atoms with E-state index in [9.17, 15) is 9.59 Å². The minimum Gasteiger partial charge on any atom is -0.480 e. The molecule has 0 aromatic carbocycles. The Hall–Kier alpha value is -1.36. The van der Waals surface area contributed by atoms with Gasteiger partial charge in [-0.2, -0.15) is 0 Å². The molecule has 0 aromatic rings. The van der Waals surface area contributed by atoms with Crippen molar-refractivity contribution >= 4 is 11.9 Å². The second kappa shape index (κ2) is 7.00. The molecule has 1 atom stereocenters. The fourth-order valence-corrected chi connectivity index (χ4v) is 1.14. The van der Waals surface area contributed by atoms with E-state index < -0.39 is 12.0 Å². The van der Waals surface area contributed by atoms with Crippen molar-refractivity contribution in [1.29, 1.82) is 0 Å². The largest absolute Gasteiger partial charge is 0.480 e. The molecule has 92 valence electrons. The Kier molecular flexibility index (Phi) is 6.41. The van der Waals surface area contributed by atoms with Gasteiger partial charge < -0.3 is 10.0 Å². The molecule has 1 amide bonds. The molecule has 5 nitrogen and oxygen atoms in total. The van der Waals surface area contributed by atoms with E-state index in [0.717, 1.165) is 5.57 Å². The van der Waals surface area contributed by atoms with Crippen molar-refractivity contribution in [3.8, 4) is 0 Å². The lowest BCUT2D eigenvalue weighted by molar-refractivity contribution is -0.139. The molecule has 0 saturated carbocycles. The number of amides is 1. The zero-order chi connectivity index (χ0) is 12.7. The molecule has 0 radical (unpaired) electrons. The van der Waals surface area contributed by atoms with E-state index >= 15 is 0 Å². The molecule has 0 spiro atoms. The number of likely N-dealkylation sites (N-methyl/N-ethyl adjacent to an activating group) is 1. The quantitative estimate of drug-likeness (QED) is 0.622. The third-order valence-corrected chi connectivity index (χ3v) is 2.13. The number of carbonyl (C=O) groups is 2. The topological polar surface area (TPSA) is 69.6 Å². The maximum Gasteiger partial charge on any atom is 0.320 e. The van der Waals surface area contributed by atoms with Crippen molar-refractivity contribution in [2.75, 3.05) is 19.6 Å². The number of hydrogen-bond acceptors (Lipinski definition) is 3. The molecular weight excluding hydrogens is 208 g/mol. The van der Waals surface area contributed by atoms with Crippen molar-refractivity contribution in [3.05, 3.63) is 12.2 Å². The summed E-state index contributed by atoms with van der Waals surface area (Å²) in [6, 6.07) is -0.715. The summed E-state index contributed by atoms with van der Waals surface area (Å²) in [5.41, 5.74) is 0.904. The van der Waals surface area contributed by atoms with Crippen molar-refractivity contribution in [2.45, 2.75) is 26.8 Å². The van der Waals surface area contributed by atoms with Crippen LogP contribution in [0.3, 0.4) is 0 Å². The molecule has 16 heavy (non-hydrogen) atoms. The van der Waals surface area contributed by atoms with Gasteiger partial charge in [-0.15, -0.1) is 0 Å². The first-order valence-corrected chi connectivity index (χ1v) is 5.26. The number of hydrogen-bond donors (Lipinski definition) is 2. The lowest BCUT2D eigenvalue weighted by Gasteiger charge is -2.21. The van der Waals surface area contributed by atoms with Crippen LogP contribution in [0.15, 0.2) is 12.2 Å². The average molecular weight is 228 g/mol. The van der Waals surface area contributed by atoms with Crippen LogP contribution in [0.5, 0.6) is 0 Å². The van der Waals surface area contributed by atoms with Gasteiger partial charge in [-0.25, -0.2) is 0 Å². The molecule has 0 fully saturated rings. The van der Waals surface area contributed by atoms with Crippen LogP contribution in [0.25, 0.3) is 0 Å². The Bertz CT molecular complexity index is 276. The number of nitrogens with one attached hydrogen (secondary N) is 1. The predicted molar refractivity (Wildman–Crippen MR) is 62.2 cm³/mol. The molecule has 0 unspecified atom stereocenters. The van der Waals surface area contributed by atoms with Gasteiger partial charge in [0.2, 0.25) is 5.91 Å². The van der Waals surface area contributed by atoms with Crippen molar-refractivity contribution in [2.24, 2.45) is 0 Å². The molecule has 0 aromatic heterocycles. The summed E-state index contributed by atoms with van der Waals surface area (Å²) >= 11 is 0. The lowest BCUT2D eigenvalue weighted by atomic mass is 10.3. The molecule has 0 aliphatic rings. The first-order chi connectivity index (χ1) is 7.38. The smallest absolute Gasteiger partial charge is 0.320 e. The van der Waals surface area contributed by atoms with Gasteiger partial charge in [0.05, 0.1) is 6.54 Å². The van der Waals surface area contributed by atoms with Gasteiger partial charge >= 0.3 is 5.97 Å². The van der Waals surface area contributed by atoms with Crippen LogP contribution in [0.4, 0.5) is 0 Å². The van der Waals surface area contributed by atoms with Crippen molar-refractivity contribution in [1.82, 2.24) is 10.2 Å². The van der Waals surface area contributed by atoms with Gasteiger partial charge in [0.1, 0.15) is 6.04 Å². The number of nitrogens with zero attached hydrogens (tertiary/aromatic N) is 1. The molecule has 0 aliphatic heterocycles. The second-order valence-electron chi connectivity index (χ2n) is 3.81. The zero-order valence-electron chi connectivity index (χ0n) is 10.1. The molecule has 0 saturated heterocycles. The van der Waals surface area contributed by atoms with E-state index in [1.807, 2.05) is 13.8 Å². The monoisotopic (exact) mass is 228 g/mol. The van der Waals surface area contributed by atoms with Gasteiger partial charge in [-0.05, 0) is 20.8 Å². The van der Waals surface area contributed by atoms with Crippen molar-refractivity contribution in [3.63, 3.8) is 0 Å². The highest BCUT2D eigenvalue weighted by Gasteiger charge is 2.15. The number of carbonyl (C=O) groups excluding carboxylic acids is 1. The molecule has 0 rings (SSSR count). The number of rotatable bonds is 7. The highest BCUT2D eigenvalue weighted by molar-refractivity contribution is 5.80. The van der Waals surface area contributed by atoms with Crippen LogP contribution < -0.4 is 5.32 Å². The fourth-order valence-electron chi connectivity index (χ4n) is 1.14. The predicted octanol–water partition coefficient (Wildman–Crippen LogP) is 0.474. The molecule has 0 heterocycles. The van der Waals surface area contributed by atoms with Crippen molar-refractivity contribution < 1.29 is 14.7 Å². The van der Waals surface area contributed by atoms with Gasteiger partial charge in [-0.1, -0.05) is 12.2 Å². The normalized spacial score (nSPS) is 11.9. The van der Waals surface area contributed by atoms with E-state index in [1.54, 1.807) is 4.90 Å². The number of carboxylic acid groups (broad SMARTS) is 1. The molecule has 0 aliphatic carbocycles. The summed E-state index contributed by atoms with van der Waals surface area (Å²) in [4.78, 5) is 23.8. The summed E-state index contributed by atoms with van der Waals surface area (Å²) in [5.74, 6) is -1.07. The van der Waals surface area contributed by atoms with Gasteiger partial charge in [-0.3, -0.25) is 14.9 Å². The molecular formula is C11H20N2O3. The molecule has 5 heteroatoms. The van der Waals surface area contributed by atoms with E-state index in [4.69, 9.17) is 5.11 Å². The van der Waals surface area contributed by atoms with Crippen LogP contribution in [-0.2, 0) is 9.59 Å². The summed E-state index contributed by atoms with van der Waals surface area (Å²) in [7, 11) is 0. The number of aliphatic carboxylic acids is 1. The van der Waals surface area contributed by atoms with E-state index in [0.29, 0.717) is 13.1 Å². The van der Waals surface area contributed by atoms with Crippen LogP contribution in [0, 0.1) is 0 Å². The standard InChI is InChI=1S/C11H20N2O3/c1-5-13(7-8(2)3)10(14)6-12-9(4)11(15)16/h9,12H,2,5-7H2,1,3-4H3,(H,15,16)/t9-/m1/s1. The molecule has 0 bridgehead atoms. The average Bonchev–Trinajstić information content (AvgIpc) is 2.21. The highest BCUT2D eigenvalue weighted by Crippen LogP contribution is 1.96. The zero-order valence-corrected chi connectivity index (χ0v) is 10.1. The summed E-state index contributed by atoms with van der Waals surface area (Å²) in [6.45, 7) is 10.1. The summed E-state index contributed by atoms with van der Waals surface area (Å²) < 4.78 is 0. The van der Waals surface area contributed by atoms with Crippen LogP contribution in [0.1, 0.15) is 20.8 Å². The Balaban J connectivity index is 4.12. The summed E-state index contributed by atoms with van der Waals surface area (Å²) in [6.07, 6.45) is 0. The highest BCUT2D eigenvalue weighted by atomic mass is 16.4. The van der Waals surface area contributed by atoms with Gasteiger partial charge in [0.25, 0.3) is 0 Å². The first-order valence-electron chi connectivity index (χ1n) is 5.26. The number of carboxylic acids is 1. The van der Waals surface area contributed by atoms with E-state index in [2.05, 4.69) is 11.9 Å². The minimum atomic E-state index is -0.962. The van der Waals surface area contributed by atoms with E-state index in [-0.39, 0.29) is 12.5 Å². The Morgan fingerprint density at radius 3 is 2.44 bits per heavy atom. The third kappa shape index (κ3) is 5.50. The van der Waals surface area contributed by atoms with Crippen LogP contribution in [-0.4, -0.2) is 47.6 Å². The maximum atomic E-state index is 11.7.